The molecule has 168 valence electrons. The van der Waals surface area contributed by atoms with E-state index in [1.807, 2.05) is 30.3 Å². The molecule has 2 fully saturated rings. The Kier molecular flexibility index (Phi) is 4.97. The molecule has 6 rings (SSSR count). The van der Waals surface area contributed by atoms with Crippen LogP contribution in [0.5, 0.6) is 0 Å². The van der Waals surface area contributed by atoms with Gasteiger partial charge in [0.2, 0.25) is 11.9 Å². The third-order valence-electron chi connectivity index (χ3n) is 7.16. The maximum absolute atomic E-state index is 12.9. The molecule has 2 aromatic heterocycles. The number of hydrogen-bond donors (Lipinski definition) is 0. The van der Waals surface area contributed by atoms with Crippen LogP contribution in [0.1, 0.15) is 31.2 Å². The molecule has 33 heavy (non-hydrogen) atoms. The highest BCUT2D eigenvalue weighted by Crippen LogP contribution is 2.31. The number of nitrogens with zero attached hydrogens (tertiary/aromatic N) is 6. The van der Waals surface area contributed by atoms with Crippen LogP contribution in [-0.4, -0.2) is 56.6 Å². The van der Waals surface area contributed by atoms with Gasteiger partial charge in [-0.1, -0.05) is 42.8 Å². The first-order chi connectivity index (χ1) is 16.2. The molecule has 0 spiro atoms. The first-order valence-corrected chi connectivity index (χ1v) is 11.9. The third kappa shape index (κ3) is 3.43. The molecule has 7 heteroatoms. The second-order valence-electron chi connectivity index (χ2n) is 9.22. The summed E-state index contributed by atoms with van der Waals surface area (Å²) in [5.74, 6) is 2.24. The number of para-hydroxylation sites is 1. The molecule has 2 aromatic carbocycles. The van der Waals surface area contributed by atoms with Gasteiger partial charge in [0.05, 0.1) is 5.52 Å². The minimum absolute atomic E-state index is 0.243. The first-order valence-electron chi connectivity index (χ1n) is 11.9. The average molecular weight is 441 g/mol. The molecule has 4 aromatic rings. The van der Waals surface area contributed by atoms with Crippen LogP contribution in [0.15, 0.2) is 48.5 Å². The summed E-state index contributed by atoms with van der Waals surface area (Å²) in [7, 11) is 0. The monoisotopic (exact) mass is 440 g/mol. The van der Waals surface area contributed by atoms with E-state index in [9.17, 15) is 4.79 Å². The van der Waals surface area contributed by atoms with Gasteiger partial charge in [-0.05, 0) is 43.9 Å². The van der Waals surface area contributed by atoms with E-state index in [0.717, 1.165) is 84.9 Å². The van der Waals surface area contributed by atoms with Gasteiger partial charge in [-0.3, -0.25) is 4.79 Å². The molecule has 1 amide bonds. The van der Waals surface area contributed by atoms with Gasteiger partial charge in [0.15, 0.2) is 11.5 Å². The Morgan fingerprint density at radius 3 is 2.55 bits per heavy atom. The van der Waals surface area contributed by atoms with Crippen molar-refractivity contribution in [3.05, 3.63) is 54.1 Å². The number of benzene rings is 2. The second kappa shape index (κ2) is 8.14. The van der Waals surface area contributed by atoms with Gasteiger partial charge in [0, 0.05) is 43.0 Å². The predicted molar refractivity (Wildman–Crippen MR) is 129 cm³/mol. The fourth-order valence-corrected chi connectivity index (χ4v) is 5.03. The number of anilines is 1. The molecule has 0 atom stereocenters. The summed E-state index contributed by atoms with van der Waals surface area (Å²) in [6.07, 6.45) is 4.21. The van der Waals surface area contributed by atoms with E-state index in [1.165, 1.54) is 6.42 Å². The lowest BCUT2D eigenvalue weighted by atomic mass is 9.84. The number of fused-ring (bicyclic) bond motifs is 3. The van der Waals surface area contributed by atoms with Crippen molar-refractivity contribution in [2.75, 3.05) is 31.1 Å². The molecule has 0 N–H and O–H groups in total. The van der Waals surface area contributed by atoms with Crippen molar-refractivity contribution in [3.8, 4) is 11.4 Å². The Labute approximate surface area is 193 Å². The van der Waals surface area contributed by atoms with Crippen LogP contribution < -0.4 is 4.90 Å². The zero-order valence-corrected chi connectivity index (χ0v) is 18.9. The lowest BCUT2D eigenvalue weighted by Crippen LogP contribution is -2.41. The van der Waals surface area contributed by atoms with Crippen molar-refractivity contribution in [1.82, 2.24) is 24.5 Å². The SMILES string of the molecule is Cc1ccccc1-c1nnc2c3ccccc3nc(N3CCCN(C(=O)C4CCC4)CC3)n12. The first kappa shape index (κ1) is 20.1. The summed E-state index contributed by atoms with van der Waals surface area (Å²) in [6.45, 7) is 5.24. The van der Waals surface area contributed by atoms with Crippen molar-refractivity contribution in [2.24, 2.45) is 5.92 Å². The molecular weight excluding hydrogens is 412 g/mol. The van der Waals surface area contributed by atoms with E-state index in [4.69, 9.17) is 4.98 Å². The number of amides is 1. The number of aromatic nitrogens is 4. The Morgan fingerprint density at radius 2 is 1.73 bits per heavy atom. The van der Waals surface area contributed by atoms with Gasteiger partial charge in [0.1, 0.15) is 0 Å². The minimum atomic E-state index is 0.243. The molecule has 1 saturated heterocycles. The molecule has 0 unspecified atom stereocenters. The highest BCUT2D eigenvalue weighted by Gasteiger charge is 2.31. The van der Waals surface area contributed by atoms with Crippen LogP contribution in [0, 0.1) is 12.8 Å². The maximum atomic E-state index is 12.9. The molecule has 7 nitrogen and oxygen atoms in total. The zero-order valence-electron chi connectivity index (χ0n) is 18.9. The maximum Gasteiger partial charge on any atom is 0.225 e. The normalized spacial score (nSPS) is 17.4. The van der Waals surface area contributed by atoms with Crippen LogP contribution in [0.25, 0.3) is 27.9 Å². The van der Waals surface area contributed by atoms with E-state index in [2.05, 4.69) is 49.5 Å². The van der Waals surface area contributed by atoms with Gasteiger partial charge in [0.25, 0.3) is 0 Å². The van der Waals surface area contributed by atoms with Crippen molar-refractivity contribution in [3.63, 3.8) is 0 Å². The van der Waals surface area contributed by atoms with Crippen molar-refractivity contribution in [2.45, 2.75) is 32.6 Å². The number of carbonyl (C=O) groups is 1. The summed E-state index contributed by atoms with van der Waals surface area (Å²) in [4.78, 5) is 22.3. The Balaban J connectivity index is 1.45. The predicted octanol–water partition coefficient (Wildman–Crippen LogP) is 4.09. The van der Waals surface area contributed by atoms with Crippen LogP contribution in [0.3, 0.4) is 0 Å². The lowest BCUT2D eigenvalue weighted by Gasteiger charge is -2.31. The van der Waals surface area contributed by atoms with Gasteiger partial charge in [-0.25, -0.2) is 9.38 Å². The lowest BCUT2D eigenvalue weighted by molar-refractivity contribution is -0.137. The quantitative estimate of drug-likeness (QED) is 0.480. The molecule has 0 radical (unpaired) electrons. The summed E-state index contributed by atoms with van der Waals surface area (Å²) < 4.78 is 2.11. The molecule has 1 aliphatic heterocycles. The molecular formula is C26H28N6O. The highest BCUT2D eigenvalue weighted by molar-refractivity contribution is 5.93. The fraction of sp³-hybridized carbons (Fsp3) is 0.385. The van der Waals surface area contributed by atoms with Gasteiger partial charge in [-0.15, -0.1) is 10.2 Å². The Morgan fingerprint density at radius 1 is 0.909 bits per heavy atom. The summed E-state index contributed by atoms with van der Waals surface area (Å²) in [5.41, 5.74) is 3.94. The Hall–Kier alpha value is -3.48. The van der Waals surface area contributed by atoms with Crippen molar-refractivity contribution < 1.29 is 4.79 Å². The summed E-state index contributed by atoms with van der Waals surface area (Å²) >= 11 is 0. The minimum Gasteiger partial charge on any atom is -0.341 e. The number of carbonyl (C=O) groups excluding carboxylic acids is 1. The van der Waals surface area contributed by atoms with Crippen molar-refractivity contribution in [1.29, 1.82) is 0 Å². The van der Waals surface area contributed by atoms with E-state index in [-0.39, 0.29) is 5.92 Å². The van der Waals surface area contributed by atoms with Crippen molar-refractivity contribution >= 4 is 28.4 Å². The van der Waals surface area contributed by atoms with Crippen LogP contribution >= 0.6 is 0 Å². The van der Waals surface area contributed by atoms with Crippen LogP contribution in [-0.2, 0) is 4.79 Å². The second-order valence-corrected chi connectivity index (χ2v) is 9.22. The Bertz CT molecular complexity index is 1340. The molecule has 2 aliphatic rings. The topological polar surface area (TPSA) is 66.6 Å². The molecule has 3 heterocycles. The van der Waals surface area contributed by atoms with Gasteiger partial charge >= 0.3 is 0 Å². The number of rotatable bonds is 3. The van der Waals surface area contributed by atoms with Crippen LogP contribution in [0.2, 0.25) is 0 Å². The molecule has 1 aliphatic carbocycles. The van der Waals surface area contributed by atoms with Gasteiger partial charge in [-0.2, -0.15) is 0 Å². The number of hydrogen-bond acceptors (Lipinski definition) is 5. The third-order valence-corrected chi connectivity index (χ3v) is 7.16. The highest BCUT2D eigenvalue weighted by atomic mass is 16.2. The standard InChI is InChI=1S/C26H28N6O/c1-18-8-2-3-11-20(18)23-28-29-24-21-12-4-5-13-22(21)27-26(32(23)24)31-15-7-14-30(16-17-31)25(33)19-9-6-10-19/h2-5,8,11-13,19H,6-7,9-10,14-17H2,1H3. The van der Waals surface area contributed by atoms with Crippen LogP contribution in [0.4, 0.5) is 5.95 Å². The largest absolute Gasteiger partial charge is 0.341 e. The number of aryl methyl sites for hydroxylation is 1. The fourth-order valence-electron chi connectivity index (χ4n) is 5.03. The molecule has 1 saturated carbocycles. The van der Waals surface area contributed by atoms with E-state index < -0.39 is 0 Å². The smallest absolute Gasteiger partial charge is 0.225 e. The van der Waals surface area contributed by atoms with E-state index >= 15 is 0 Å². The van der Waals surface area contributed by atoms with E-state index in [0.29, 0.717) is 5.91 Å². The summed E-state index contributed by atoms with van der Waals surface area (Å²) in [6, 6.07) is 16.4. The van der Waals surface area contributed by atoms with E-state index in [1.54, 1.807) is 0 Å². The summed E-state index contributed by atoms with van der Waals surface area (Å²) in [5, 5.41) is 10.2. The molecule has 0 bridgehead atoms. The van der Waals surface area contributed by atoms with Gasteiger partial charge < -0.3 is 9.80 Å². The zero-order chi connectivity index (χ0) is 22.4. The average Bonchev–Trinajstić information content (AvgIpc) is 3.08.